The molecule has 39 heavy (non-hydrogen) atoms. The third kappa shape index (κ3) is 4.78. The Hall–Kier alpha value is -3.11. The summed E-state index contributed by atoms with van der Waals surface area (Å²) in [5.41, 5.74) is 2.12. The summed E-state index contributed by atoms with van der Waals surface area (Å²) < 4.78 is 13.9. The highest BCUT2D eigenvalue weighted by Crippen LogP contribution is 2.46. The van der Waals surface area contributed by atoms with E-state index in [1.807, 2.05) is 6.07 Å². The number of nitrogens with one attached hydrogen (secondary N) is 1. The number of aromatic nitrogens is 7. The Morgan fingerprint density at radius 3 is 2.64 bits per heavy atom. The number of ether oxygens (including phenoxy) is 1. The molecular formula is C28H34ClN7O3. The average molecular weight is 552 g/mol. The molecule has 0 spiro atoms. The number of methoxy groups -OCH3 is 1. The van der Waals surface area contributed by atoms with Gasteiger partial charge in [-0.25, -0.2) is 24.8 Å². The molecule has 2 saturated carbocycles. The molecule has 2 fully saturated rings. The number of hydrogen-bond acceptors (Lipinski definition) is 8. The summed E-state index contributed by atoms with van der Waals surface area (Å²) in [5.74, 6) is 1.94. The molecule has 10 nitrogen and oxygen atoms in total. The van der Waals surface area contributed by atoms with E-state index < -0.39 is 11.4 Å². The number of aromatic amines is 1. The van der Waals surface area contributed by atoms with Gasteiger partial charge in [0.1, 0.15) is 22.6 Å². The number of nitrogens with zero attached hydrogens (tertiary/aromatic N) is 6. The van der Waals surface area contributed by atoms with Crippen LogP contribution in [0.25, 0.3) is 34.1 Å². The Morgan fingerprint density at radius 2 is 1.95 bits per heavy atom. The molecule has 0 saturated heterocycles. The van der Waals surface area contributed by atoms with Crippen LogP contribution in [0.3, 0.4) is 0 Å². The molecule has 0 radical (unpaired) electrons. The fraction of sp³-hybridized carbons (Fsp3) is 0.571. The summed E-state index contributed by atoms with van der Waals surface area (Å²) in [4.78, 5) is 30.9. The summed E-state index contributed by atoms with van der Waals surface area (Å²) >= 11 is 6.38. The summed E-state index contributed by atoms with van der Waals surface area (Å²) in [6.07, 6.45) is 12.3. The number of halogens is 1. The van der Waals surface area contributed by atoms with Crippen LogP contribution in [0.1, 0.15) is 71.0 Å². The number of H-pyrrole nitrogens is 1. The SMILES string of the molecule is COC1(c2nc3nc(-c4n[nH]c(=O)o4)nc(-c4cncc(Cl)c4)c3n2C[C@H]2CC[C@H](C)CC2)CCCCC1C. The molecule has 2 aliphatic carbocycles. The van der Waals surface area contributed by atoms with Crippen LogP contribution in [-0.4, -0.2) is 41.8 Å². The van der Waals surface area contributed by atoms with Crippen molar-refractivity contribution in [3.05, 3.63) is 39.9 Å². The second-order valence-electron chi connectivity index (χ2n) is 11.3. The van der Waals surface area contributed by atoms with Crippen LogP contribution in [0.4, 0.5) is 0 Å². The van der Waals surface area contributed by atoms with Gasteiger partial charge in [0.15, 0.2) is 5.65 Å². The van der Waals surface area contributed by atoms with Crippen LogP contribution < -0.4 is 5.76 Å². The number of hydrogen-bond donors (Lipinski definition) is 1. The molecule has 6 rings (SSSR count). The molecule has 206 valence electrons. The third-order valence-electron chi connectivity index (χ3n) is 8.76. The zero-order valence-corrected chi connectivity index (χ0v) is 23.4. The predicted molar refractivity (Wildman–Crippen MR) is 147 cm³/mol. The van der Waals surface area contributed by atoms with Crippen LogP contribution in [0, 0.1) is 17.8 Å². The second-order valence-corrected chi connectivity index (χ2v) is 11.7. The maximum atomic E-state index is 11.7. The van der Waals surface area contributed by atoms with Crippen LogP contribution in [0.15, 0.2) is 27.7 Å². The molecule has 0 aromatic carbocycles. The van der Waals surface area contributed by atoms with Gasteiger partial charge in [-0.1, -0.05) is 51.1 Å². The van der Waals surface area contributed by atoms with E-state index in [1.54, 1.807) is 19.5 Å². The molecule has 0 bridgehead atoms. The molecule has 11 heteroatoms. The topological polar surface area (TPSA) is 125 Å². The highest BCUT2D eigenvalue weighted by molar-refractivity contribution is 6.30. The Morgan fingerprint density at radius 1 is 1.13 bits per heavy atom. The molecule has 4 aromatic rings. The zero-order valence-electron chi connectivity index (χ0n) is 22.6. The second kappa shape index (κ2) is 10.5. The van der Waals surface area contributed by atoms with Crippen LogP contribution >= 0.6 is 11.6 Å². The number of imidazole rings is 1. The van der Waals surface area contributed by atoms with Crippen molar-refractivity contribution in [2.75, 3.05) is 7.11 Å². The average Bonchev–Trinajstić information content (AvgIpc) is 3.54. The molecule has 0 aliphatic heterocycles. The van der Waals surface area contributed by atoms with Gasteiger partial charge in [-0.05, 0) is 49.5 Å². The molecular weight excluding hydrogens is 518 g/mol. The van der Waals surface area contributed by atoms with E-state index in [-0.39, 0.29) is 17.6 Å². The summed E-state index contributed by atoms with van der Waals surface area (Å²) in [7, 11) is 1.80. The summed E-state index contributed by atoms with van der Waals surface area (Å²) in [6.45, 7) is 5.40. The molecule has 4 aromatic heterocycles. The first-order valence-corrected chi connectivity index (χ1v) is 14.3. The number of fused-ring (bicyclic) bond motifs is 1. The minimum absolute atomic E-state index is 0.00277. The van der Waals surface area contributed by atoms with E-state index in [1.165, 1.54) is 32.1 Å². The normalized spacial score (nSPS) is 25.8. The van der Waals surface area contributed by atoms with Gasteiger partial charge in [-0.15, -0.1) is 5.10 Å². The molecule has 2 aliphatic rings. The standard InChI is InChI=1S/C28H34ClN7O3/c1-16-7-9-18(10-8-16)15-36-22-21(19-12-20(29)14-30-13-19)31-24(25-34-35-27(37)39-25)32-23(22)33-26(36)28(38-3)11-5-4-6-17(28)2/h12-14,16-18H,4-11,15H2,1-3H3,(H,35,37)/t16-,17?,18-,28?. The first kappa shape index (κ1) is 26.1. The molecule has 0 amide bonds. The van der Waals surface area contributed by atoms with Crippen LogP contribution in [0.2, 0.25) is 5.02 Å². The lowest BCUT2D eigenvalue weighted by Crippen LogP contribution is -2.41. The van der Waals surface area contributed by atoms with Gasteiger partial charge < -0.3 is 13.7 Å². The Balaban J connectivity index is 1.62. The van der Waals surface area contributed by atoms with E-state index in [2.05, 4.69) is 33.6 Å². The van der Waals surface area contributed by atoms with E-state index in [0.29, 0.717) is 22.3 Å². The smallest absolute Gasteiger partial charge is 0.384 e. The van der Waals surface area contributed by atoms with Crippen LogP contribution in [-0.2, 0) is 16.9 Å². The molecule has 1 N–H and O–H groups in total. The van der Waals surface area contributed by atoms with Gasteiger partial charge in [0.05, 0.1) is 5.02 Å². The number of pyridine rings is 1. The maximum absolute atomic E-state index is 11.7. The number of rotatable bonds is 6. The minimum Gasteiger partial charge on any atom is -0.384 e. The third-order valence-corrected chi connectivity index (χ3v) is 8.97. The van der Waals surface area contributed by atoms with Gasteiger partial charge in [-0.3, -0.25) is 4.98 Å². The molecule has 2 atom stereocenters. The van der Waals surface area contributed by atoms with Crippen molar-refractivity contribution in [2.24, 2.45) is 17.8 Å². The highest BCUT2D eigenvalue weighted by atomic mass is 35.5. The first-order valence-electron chi connectivity index (χ1n) is 13.9. The van der Waals surface area contributed by atoms with E-state index in [4.69, 9.17) is 35.7 Å². The Bertz CT molecular complexity index is 1540. The van der Waals surface area contributed by atoms with Crippen molar-refractivity contribution in [3.63, 3.8) is 0 Å². The highest BCUT2D eigenvalue weighted by Gasteiger charge is 2.45. The van der Waals surface area contributed by atoms with Gasteiger partial charge in [0, 0.05) is 31.6 Å². The first-order chi connectivity index (χ1) is 18.9. The lowest BCUT2D eigenvalue weighted by molar-refractivity contribution is -0.0923. The van der Waals surface area contributed by atoms with E-state index >= 15 is 0 Å². The lowest BCUT2D eigenvalue weighted by atomic mass is 9.75. The lowest BCUT2D eigenvalue weighted by Gasteiger charge is -2.41. The zero-order chi connectivity index (χ0) is 27.1. The quantitative estimate of drug-likeness (QED) is 0.320. The molecule has 4 heterocycles. The van der Waals surface area contributed by atoms with Crippen LogP contribution in [0.5, 0.6) is 0 Å². The van der Waals surface area contributed by atoms with Gasteiger partial charge >= 0.3 is 5.76 Å². The van der Waals surface area contributed by atoms with Crippen molar-refractivity contribution in [1.29, 1.82) is 0 Å². The summed E-state index contributed by atoms with van der Waals surface area (Å²) in [5, 5.41) is 6.77. The Kier molecular flexibility index (Phi) is 7.01. The fourth-order valence-corrected chi connectivity index (χ4v) is 6.69. The van der Waals surface area contributed by atoms with E-state index in [9.17, 15) is 4.79 Å². The maximum Gasteiger partial charge on any atom is 0.434 e. The Labute approximate surface area is 231 Å². The van der Waals surface area contributed by atoms with Crippen molar-refractivity contribution in [3.8, 4) is 23.0 Å². The summed E-state index contributed by atoms with van der Waals surface area (Å²) in [6, 6.07) is 1.83. The predicted octanol–water partition coefficient (Wildman–Crippen LogP) is 5.76. The van der Waals surface area contributed by atoms with Crippen molar-refractivity contribution in [2.45, 2.75) is 77.4 Å². The largest absolute Gasteiger partial charge is 0.434 e. The van der Waals surface area contributed by atoms with Crippen molar-refractivity contribution < 1.29 is 9.15 Å². The monoisotopic (exact) mass is 551 g/mol. The van der Waals surface area contributed by atoms with Gasteiger partial charge in [-0.2, -0.15) is 0 Å². The van der Waals surface area contributed by atoms with Gasteiger partial charge in [0.2, 0.25) is 5.82 Å². The minimum atomic E-state index is -0.674. The van der Waals surface area contributed by atoms with E-state index in [0.717, 1.165) is 48.6 Å². The van der Waals surface area contributed by atoms with Crippen molar-refractivity contribution >= 4 is 22.8 Å². The molecule has 2 unspecified atom stereocenters. The van der Waals surface area contributed by atoms with Crippen molar-refractivity contribution in [1.82, 2.24) is 34.7 Å². The van der Waals surface area contributed by atoms with Gasteiger partial charge in [0.25, 0.3) is 5.89 Å². The fourth-order valence-electron chi connectivity index (χ4n) is 6.52.